The number of rotatable bonds is 10. The maximum Gasteiger partial charge on any atom is 0.191 e. The van der Waals surface area contributed by atoms with Gasteiger partial charge in [-0.05, 0) is 57.6 Å². The number of hydrogen-bond acceptors (Lipinski definition) is 3. The van der Waals surface area contributed by atoms with E-state index in [1.54, 1.807) is 0 Å². The molecule has 23 heavy (non-hydrogen) atoms. The highest BCUT2D eigenvalue weighted by molar-refractivity contribution is 14.0. The van der Waals surface area contributed by atoms with Gasteiger partial charge >= 0.3 is 0 Å². The molecule has 0 radical (unpaired) electrons. The Morgan fingerprint density at radius 3 is 2.52 bits per heavy atom. The number of thioether (sulfide) groups is 1. The predicted octanol–water partition coefficient (Wildman–Crippen LogP) is 3.57. The summed E-state index contributed by atoms with van der Waals surface area (Å²) in [7, 11) is 0. The minimum Gasteiger partial charge on any atom is -0.357 e. The quantitative estimate of drug-likeness (QED) is 0.228. The SMILES string of the molecule is CCCCN1CCC(NC(=NCCCCSC)NCC)CC1.I. The van der Waals surface area contributed by atoms with E-state index in [1.165, 1.54) is 63.9 Å². The van der Waals surface area contributed by atoms with Gasteiger partial charge in [0.15, 0.2) is 5.96 Å². The first-order valence-electron chi connectivity index (χ1n) is 9.06. The van der Waals surface area contributed by atoms with Gasteiger partial charge in [-0.3, -0.25) is 4.99 Å². The summed E-state index contributed by atoms with van der Waals surface area (Å²) < 4.78 is 0. The van der Waals surface area contributed by atoms with Crippen LogP contribution in [0.1, 0.15) is 52.4 Å². The number of likely N-dealkylation sites (tertiary alicyclic amines) is 1. The molecule has 0 bridgehead atoms. The van der Waals surface area contributed by atoms with E-state index in [4.69, 9.17) is 4.99 Å². The number of nitrogens with zero attached hydrogens (tertiary/aromatic N) is 2. The lowest BCUT2D eigenvalue weighted by molar-refractivity contribution is 0.203. The summed E-state index contributed by atoms with van der Waals surface area (Å²) >= 11 is 1.92. The van der Waals surface area contributed by atoms with Gasteiger partial charge in [0.2, 0.25) is 0 Å². The van der Waals surface area contributed by atoms with Crippen molar-refractivity contribution in [2.75, 3.05) is 44.7 Å². The van der Waals surface area contributed by atoms with Crippen LogP contribution in [-0.4, -0.2) is 61.6 Å². The number of guanidine groups is 1. The van der Waals surface area contributed by atoms with Crippen molar-refractivity contribution in [3.05, 3.63) is 0 Å². The first-order chi connectivity index (χ1) is 10.8. The number of piperidine rings is 1. The third-order valence-corrected chi connectivity index (χ3v) is 4.82. The summed E-state index contributed by atoms with van der Waals surface area (Å²) in [6.45, 7) is 10.0. The van der Waals surface area contributed by atoms with E-state index in [2.05, 4.69) is 35.6 Å². The van der Waals surface area contributed by atoms with Gasteiger partial charge in [-0.25, -0.2) is 0 Å². The van der Waals surface area contributed by atoms with E-state index in [-0.39, 0.29) is 24.0 Å². The molecule has 4 nitrogen and oxygen atoms in total. The second kappa shape index (κ2) is 15.8. The van der Waals surface area contributed by atoms with Crippen LogP contribution in [0.3, 0.4) is 0 Å². The number of nitrogens with one attached hydrogen (secondary N) is 2. The summed E-state index contributed by atoms with van der Waals surface area (Å²) in [5, 5.41) is 7.02. The molecule has 138 valence electrons. The Hall–Kier alpha value is 0.310. The van der Waals surface area contributed by atoms with E-state index in [1.807, 2.05) is 11.8 Å². The maximum absolute atomic E-state index is 4.72. The molecule has 0 saturated carbocycles. The third-order valence-electron chi connectivity index (χ3n) is 4.13. The lowest BCUT2D eigenvalue weighted by atomic mass is 10.0. The summed E-state index contributed by atoms with van der Waals surface area (Å²) in [6, 6.07) is 0.585. The molecule has 1 aliphatic rings. The van der Waals surface area contributed by atoms with Crippen molar-refractivity contribution in [1.82, 2.24) is 15.5 Å². The van der Waals surface area contributed by atoms with E-state index >= 15 is 0 Å². The smallest absolute Gasteiger partial charge is 0.191 e. The van der Waals surface area contributed by atoms with E-state index in [0.717, 1.165) is 19.0 Å². The maximum atomic E-state index is 4.72. The second-order valence-corrected chi connectivity index (χ2v) is 7.06. The van der Waals surface area contributed by atoms with Crippen molar-refractivity contribution >= 4 is 41.7 Å². The molecule has 0 amide bonds. The predicted molar refractivity (Wildman–Crippen MR) is 117 cm³/mol. The third kappa shape index (κ3) is 11.5. The average molecular weight is 456 g/mol. The molecule has 2 N–H and O–H groups in total. The lowest BCUT2D eigenvalue weighted by Gasteiger charge is -2.33. The number of halogens is 1. The van der Waals surface area contributed by atoms with Gasteiger partial charge in [0.25, 0.3) is 0 Å². The van der Waals surface area contributed by atoms with Gasteiger partial charge in [0, 0.05) is 32.2 Å². The molecule has 1 saturated heterocycles. The Morgan fingerprint density at radius 1 is 1.17 bits per heavy atom. The molecule has 1 rings (SSSR count). The van der Waals surface area contributed by atoms with Gasteiger partial charge in [-0.1, -0.05) is 13.3 Å². The average Bonchev–Trinajstić information content (AvgIpc) is 2.54. The fraction of sp³-hybridized carbons (Fsp3) is 0.941. The Morgan fingerprint density at radius 2 is 1.91 bits per heavy atom. The molecular weight excluding hydrogens is 419 g/mol. The Balaban J connectivity index is 0.00000484. The van der Waals surface area contributed by atoms with Crippen molar-refractivity contribution in [2.45, 2.75) is 58.4 Å². The van der Waals surface area contributed by atoms with Crippen molar-refractivity contribution < 1.29 is 0 Å². The van der Waals surface area contributed by atoms with Gasteiger partial charge in [-0.2, -0.15) is 11.8 Å². The highest BCUT2D eigenvalue weighted by Gasteiger charge is 2.19. The Labute approximate surface area is 165 Å². The van der Waals surface area contributed by atoms with Gasteiger partial charge in [0.1, 0.15) is 0 Å². The molecule has 1 heterocycles. The zero-order valence-electron chi connectivity index (χ0n) is 15.3. The van der Waals surface area contributed by atoms with Gasteiger partial charge in [-0.15, -0.1) is 24.0 Å². The summed E-state index contributed by atoms with van der Waals surface area (Å²) in [4.78, 5) is 7.32. The van der Waals surface area contributed by atoms with E-state index in [9.17, 15) is 0 Å². The van der Waals surface area contributed by atoms with Crippen LogP contribution in [-0.2, 0) is 0 Å². The molecule has 6 heteroatoms. The van der Waals surface area contributed by atoms with Crippen LogP contribution in [0.2, 0.25) is 0 Å². The molecule has 0 spiro atoms. The minimum atomic E-state index is 0. The molecule has 0 aromatic heterocycles. The summed E-state index contributed by atoms with van der Waals surface area (Å²) in [5.41, 5.74) is 0. The van der Waals surface area contributed by atoms with Crippen LogP contribution in [0.5, 0.6) is 0 Å². The standard InChI is InChI=1S/C17H36N4S.HI/c1-4-6-12-21-13-9-16(10-14-21)20-17(18-5-2)19-11-7-8-15-22-3;/h16H,4-15H2,1-3H3,(H2,18,19,20);1H. The summed E-state index contributed by atoms with van der Waals surface area (Å²) in [5.74, 6) is 2.26. The number of aliphatic imine (C=N–C) groups is 1. The molecule has 0 unspecified atom stereocenters. The molecule has 0 aromatic rings. The molecule has 0 atom stereocenters. The van der Waals surface area contributed by atoms with Gasteiger partial charge in [0.05, 0.1) is 0 Å². The van der Waals surface area contributed by atoms with Crippen LogP contribution >= 0.6 is 35.7 Å². The Bertz CT molecular complexity index is 294. The van der Waals surface area contributed by atoms with Crippen molar-refractivity contribution in [3.63, 3.8) is 0 Å². The lowest BCUT2D eigenvalue weighted by Crippen LogP contribution is -2.48. The van der Waals surface area contributed by atoms with Crippen LogP contribution in [0.4, 0.5) is 0 Å². The monoisotopic (exact) mass is 456 g/mol. The highest BCUT2D eigenvalue weighted by atomic mass is 127. The van der Waals surface area contributed by atoms with E-state index in [0.29, 0.717) is 6.04 Å². The number of hydrogen-bond donors (Lipinski definition) is 2. The highest BCUT2D eigenvalue weighted by Crippen LogP contribution is 2.11. The first-order valence-corrected chi connectivity index (χ1v) is 10.5. The Kier molecular flexibility index (Phi) is 16.0. The molecular formula is C17H37IN4S. The fourth-order valence-electron chi connectivity index (χ4n) is 2.75. The largest absolute Gasteiger partial charge is 0.357 e. The van der Waals surface area contributed by atoms with E-state index < -0.39 is 0 Å². The van der Waals surface area contributed by atoms with Crippen molar-refractivity contribution in [1.29, 1.82) is 0 Å². The molecule has 0 aromatic carbocycles. The summed E-state index contributed by atoms with van der Waals surface area (Å²) in [6.07, 6.45) is 9.72. The van der Waals surface area contributed by atoms with Gasteiger partial charge < -0.3 is 15.5 Å². The van der Waals surface area contributed by atoms with Crippen LogP contribution in [0, 0.1) is 0 Å². The normalized spacial score (nSPS) is 16.9. The van der Waals surface area contributed by atoms with Crippen LogP contribution < -0.4 is 10.6 Å². The second-order valence-electron chi connectivity index (χ2n) is 6.07. The topological polar surface area (TPSA) is 39.7 Å². The molecule has 1 aliphatic heterocycles. The fourth-order valence-corrected chi connectivity index (χ4v) is 3.24. The zero-order valence-corrected chi connectivity index (χ0v) is 18.4. The van der Waals surface area contributed by atoms with Crippen molar-refractivity contribution in [2.24, 2.45) is 4.99 Å². The minimum absolute atomic E-state index is 0. The zero-order chi connectivity index (χ0) is 16.0. The first kappa shape index (κ1) is 23.3. The number of unbranched alkanes of at least 4 members (excludes halogenated alkanes) is 2. The molecule has 0 aliphatic carbocycles. The van der Waals surface area contributed by atoms with Crippen LogP contribution in [0.15, 0.2) is 4.99 Å². The van der Waals surface area contributed by atoms with Crippen LogP contribution in [0.25, 0.3) is 0 Å². The van der Waals surface area contributed by atoms with Crippen molar-refractivity contribution in [3.8, 4) is 0 Å². The molecule has 1 fully saturated rings.